The van der Waals surface area contributed by atoms with Crippen molar-refractivity contribution in [2.24, 2.45) is 0 Å². The van der Waals surface area contributed by atoms with Gasteiger partial charge in [0.2, 0.25) is 0 Å². The van der Waals surface area contributed by atoms with Crippen molar-refractivity contribution in [1.29, 1.82) is 0 Å². The summed E-state index contributed by atoms with van der Waals surface area (Å²) in [5.74, 6) is 0. The molecule has 0 spiro atoms. The normalized spacial score (nSPS) is 12.7. The standard InChI is InChI=1S/C13H19Cl2NO2/c1-2-13(16-5-7-18-8-6-17)10-3-4-11(14)12(15)9-10/h3-4,9,13,16-17H,2,5-8H2,1H3. The smallest absolute Gasteiger partial charge is 0.0698 e. The van der Waals surface area contributed by atoms with Gasteiger partial charge in [0.15, 0.2) is 0 Å². The zero-order valence-electron chi connectivity index (χ0n) is 10.5. The second-order valence-electron chi connectivity index (χ2n) is 3.92. The molecule has 102 valence electrons. The molecular weight excluding hydrogens is 273 g/mol. The van der Waals surface area contributed by atoms with Gasteiger partial charge in [-0.15, -0.1) is 0 Å². The monoisotopic (exact) mass is 291 g/mol. The fourth-order valence-corrected chi connectivity index (χ4v) is 2.01. The molecule has 0 amide bonds. The molecule has 0 heterocycles. The van der Waals surface area contributed by atoms with Crippen LogP contribution in [0.2, 0.25) is 10.0 Å². The van der Waals surface area contributed by atoms with Gasteiger partial charge in [0.05, 0.1) is 29.9 Å². The first-order valence-electron chi connectivity index (χ1n) is 6.06. The van der Waals surface area contributed by atoms with E-state index in [0.717, 1.165) is 18.5 Å². The third-order valence-corrected chi connectivity index (χ3v) is 3.37. The van der Waals surface area contributed by atoms with E-state index in [4.69, 9.17) is 33.0 Å². The Bertz CT molecular complexity index is 361. The lowest BCUT2D eigenvalue weighted by Gasteiger charge is -2.18. The van der Waals surface area contributed by atoms with E-state index in [9.17, 15) is 0 Å². The van der Waals surface area contributed by atoms with E-state index in [1.165, 1.54) is 0 Å². The summed E-state index contributed by atoms with van der Waals surface area (Å²) in [7, 11) is 0. The Hall–Kier alpha value is -0.320. The highest BCUT2D eigenvalue weighted by Gasteiger charge is 2.09. The van der Waals surface area contributed by atoms with Gasteiger partial charge in [-0.1, -0.05) is 36.2 Å². The van der Waals surface area contributed by atoms with E-state index in [-0.39, 0.29) is 12.6 Å². The van der Waals surface area contributed by atoms with Gasteiger partial charge < -0.3 is 15.2 Å². The van der Waals surface area contributed by atoms with Gasteiger partial charge in [-0.05, 0) is 24.1 Å². The second kappa shape index (κ2) is 8.73. The van der Waals surface area contributed by atoms with Crippen LogP contribution in [0.4, 0.5) is 0 Å². The molecule has 2 N–H and O–H groups in total. The van der Waals surface area contributed by atoms with Gasteiger partial charge in [-0.25, -0.2) is 0 Å². The van der Waals surface area contributed by atoms with Crippen LogP contribution >= 0.6 is 23.2 Å². The molecule has 1 atom stereocenters. The Kier molecular flexibility index (Phi) is 7.63. The summed E-state index contributed by atoms with van der Waals surface area (Å²) in [5.41, 5.74) is 1.12. The van der Waals surface area contributed by atoms with Gasteiger partial charge in [0.1, 0.15) is 0 Å². The summed E-state index contributed by atoms with van der Waals surface area (Å²) in [6, 6.07) is 5.91. The Morgan fingerprint density at radius 1 is 1.28 bits per heavy atom. The number of nitrogens with one attached hydrogen (secondary N) is 1. The number of hydrogen-bond donors (Lipinski definition) is 2. The van der Waals surface area contributed by atoms with Crippen molar-refractivity contribution in [1.82, 2.24) is 5.32 Å². The van der Waals surface area contributed by atoms with Crippen LogP contribution in [0.3, 0.4) is 0 Å². The van der Waals surface area contributed by atoms with Gasteiger partial charge in [-0.2, -0.15) is 0 Å². The van der Waals surface area contributed by atoms with Crippen LogP contribution in [0, 0.1) is 0 Å². The first-order chi connectivity index (χ1) is 8.69. The average Bonchev–Trinajstić information content (AvgIpc) is 2.37. The first kappa shape index (κ1) is 15.7. The van der Waals surface area contributed by atoms with Crippen LogP contribution < -0.4 is 5.32 Å². The zero-order chi connectivity index (χ0) is 13.4. The predicted octanol–water partition coefficient (Wildman–Crippen LogP) is 3.04. The molecule has 1 unspecified atom stereocenters. The molecule has 3 nitrogen and oxygen atoms in total. The highest BCUT2D eigenvalue weighted by Crippen LogP contribution is 2.26. The van der Waals surface area contributed by atoms with Crippen LogP contribution in [-0.4, -0.2) is 31.5 Å². The number of halogens is 2. The minimum absolute atomic E-state index is 0.0595. The van der Waals surface area contributed by atoms with Gasteiger partial charge in [-0.3, -0.25) is 0 Å². The van der Waals surface area contributed by atoms with Crippen LogP contribution in [0.1, 0.15) is 24.9 Å². The Morgan fingerprint density at radius 2 is 2.06 bits per heavy atom. The van der Waals surface area contributed by atoms with Crippen LogP contribution in [0.25, 0.3) is 0 Å². The number of aliphatic hydroxyl groups excluding tert-OH is 1. The third kappa shape index (κ3) is 5.12. The Morgan fingerprint density at radius 3 is 2.67 bits per heavy atom. The molecule has 0 saturated carbocycles. The van der Waals surface area contributed by atoms with E-state index < -0.39 is 0 Å². The van der Waals surface area contributed by atoms with E-state index in [0.29, 0.717) is 23.3 Å². The van der Waals surface area contributed by atoms with E-state index in [1.807, 2.05) is 18.2 Å². The molecule has 0 fully saturated rings. The third-order valence-electron chi connectivity index (χ3n) is 2.63. The predicted molar refractivity (Wildman–Crippen MR) is 75.4 cm³/mol. The topological polar surface area (TPSA) is 41.5 Å². The molecule has 1 aromatic carbocycles. The first-order valence-corrected chi connectivity index (χ1v) is 6.81. The minimum atomic E-state index is 0.0595. The molecule has 0 bridgehead atoms. The number of rotatable bonds is 8. The van der Waals surface area contributed by atoms with Gasteiger partial charge in [0, 0.05) is 12.6 Å². The molecule has 0 radical (unpaired) electrons. The second-order valence-corrected chi connectivity index (χ2v) is 4.74. The maximum Gasteiger partial charge on any atom is 0.0698 e. The molecule has 0 aliphatic carbocycles. The summed E-state index contributed by atoms with van der Waals surface area (Å²) in [4.78, 5) is 0. The van der Waals surface area contributed by atoms with E-state index in [2.05, 4.69) is 12.2 Å². The fourth-order valence-electron chi connectivity index (χ4n) is 1.70. The van der Waals surface area contributed by atoms with Crippen molar-refractivity contribution < 1.29 is 9.84 Å². The largest absolute Gasteiger partial charge is 0.394 e. The van der Waals surface area contributed by atoms with Crippen LogP contribution in [-0.2, 0) is 4.74 Å². The summed E-state index contributed by atoms with van der Waals surface area (Å²) in [6.07, 6.45) is 0.956. The number of hydrogen-bond acceptors (Lipinski definition) is 3. The zero-order valence-corrected chi connectivity index (χ0v) is 12.0. The fraction of sp³-hybridized carbons (Fsp3) is 0.538. The highest BCUT2D eigenvalue weighted by atomic mass is 35.5. The quantitative estimate of drug-likeness (QED) is 0.724. The van der Waals surface area contributed by atoms with Gasteiger partial charge in [0.25, 0.3) is 0 Å². The lowest BCUT2D eigenvalue weighted by atomic mass is 10.0. The highest BCUT2D eigenvalue weighted by molar-refractivity contribution is 6.42. The summed E-state index contributed by atoms with van der Waals surface area (Å²) < 4.78 is 5.20. The number of ether oxygens (including phenoxy) is 1. The summed E-state index contributed by atoms with van der Waals surface area (Å²) >= 11 is 11.9. The lowest BCUT2D eigenvalue weighted by Crippen LogP contribution is -2.25. The molecule has 0 aliphatic heterocycles. The van der Waals surface area contributed by atoms with Crippen molar-refractivity contribution in [3.05, 3.63) is 33.8 Å². The average molecular weight is 292 g/mol. The number of aliphatic hydroxyl groups is 1. The molecule has 0 saturated heterocycles. The van der Waals surface area contributed by atoms with Gasteiger partial charge >= 0.3 is 0 Å². The molecule has 1 aromatic rings. The van der Waals surface area contributed by atoms with Crippen LogP contribution in [0.15, 0.2) is 18.2 Å². The van der Waals surface area contributed by atoms with Crippen LogP contribution in [0.5, 0.6) is 0 Å². The van der Waals surface area contributed by atoms with E-state index in [1.54, 1.807) is 0 Å². The molecule has 0 aliphatic rings. The van der Waals surface area contributed by atoms with Crippen molar-refractivity contribution in [3.63, 3.8) is 0 Å². The van der Waals surface area contributed by atoms with Crippen molar-refractivity contribution >= 4 is 23.2 Å². The summed E-state index contributed by atoms with van der Waals surface area (Å²) in [6.45, 7) is 3.86. The SMILES string of the molecule is CCC(NCCOCCO)c1ccc(Cl)c(Cl)c1. The van der Waals surface area contributed by atoms with Crippen molar-refractivity contribution in [2.75, 3.05) is 26.4 Å². The summed E-state index contributed by atoms with van der Waals surface area (Å²) in [5, 5.41) is 13.1. The Labute approximate surface area is 118 Å². The maximum absolute atomic E-state index is 8.58. The molecule has 18 heavy (non-hydrogen) atoms. The van der Waals surface area contributed by atoms with E-state index >= 15 is 0 Å². The number of benzene rings is 1. The molecular formula is C13H19Cl2NO2. The molecule has 5 heteroatoms. The van der Waals surface area contributed by atoms with Crippen molar-refractivity contribution in [3.8, 4) is 0 Å². The molecule has 1 rings (SSSR count). The lowest BCUT2D eigenvalue weighted by molar-refractivity contribution is 0.0925. The Balaban J connectivity index is 2.47. The van der Waals surface area contributed by atoms with Crippen molar-refractivity contribution in [2.45, 2.75) is 19.4 Å². The maximum atomic E-state index is 8.58. The molecule has 0 aromatic heterocycles. The minimum Gasteiger partial charge on any atom is -0.394 e.